The van der Waals surface area contributed by atoms with E-state index in [0.29, 0.717) is 12.5 Å². The van der Waals surface area contributed by atoms with Crippen molar-refractivity contribution in [3.8, 4) is 0 Å². The molecule has 0 heterocycles. The first-order chi connectivity index (χ1) is 9.02. The van der Waals surface area contributed by atoms with Crippen LogP contribution in [-0.2, 0) is 10.0 Å². The molecule has 1 fully saturated rings. The minimum Gasteiger partial charge on any atom is -0.309 e. The highest BCUT2D eigenvalue weighted by Gasteiger charge is 2.32. The normalized spacial score (nSPS) is 17.4. The molecule has 106 valence electrons. The van der Waals surface area contributed by atoms with E-state index < -0.39 is 10.0 Å². The van der Waals surface area contributed by atoms with Crippen LogP contribution in [0.5, 0.6) is 0 Å². The van der Waals surface area contributed by atoms with Crippen LogP contribution in [0.3, 0.4) is 0 Å². The van der Waals surface area contributed by atoms with Crippen molar-refractivity contribution in [2.24, 2.45) is 5.92 Å². The molecule has 1 saturated carbocycles. The van der Waals surface area contributed by atoms with E-state index in [0.717, 1.165) is 5.02 Å². The van der Waals surface area contributed by atoms with Crippen LogP contribution in [-0.4, -0.2) is 27.8 Å². The Morgan fingerprint density at radius 2 is 1.95 bits per heavy atom. The molecule has 2 N–H and O–H groups in total. The highest BCUT2D eigenvalue weighted by Crippen LogP contribution is 2.41. The Morgan fingerprint density at radius 1 is 1.32 bits per heavy atom. The van der Waals surface area contributed by atoms with Crippen molar-refractivity contribution in [2.45, 2.75) is 18.9 Å². The molecule has 0 amide bonds. The second-order valence-corrected chi connectivity index (χ2v) is 7.33. The summed E-state index contributed by atoms with van der Waals surface area (Å²) in [6.45, 7) is 0.451. The van der Waals surface area contributed by atoms with Gasteiger partial charge < -0.3 is 5.32 Å². The van der Waals surface area contributed by atoms with E-state index in [9.17, 15) is 8.42 Å². The summed E-state index contributed by atoms with van der Waals surface area (Å²) in [6.07, 6.45) is 2.39. The summed E-state index contributed by atoms with van der Waals surface area (Å²) in [5.74, 6) is 0.707. The molecular formula is C13H19ClN2O2S. The fourth-order valence-corrected chi connectivity index (χ4v) is 2.82. The van der Waals surface area contributed by atoms with Crippen molar-refractivity contribution < 1.29 is 8.42 Å². The smallest absolute Gasteiger partial charge is 0.212 e. The van der Waals surface area contributed by atoms with Crippen molar-refractivity contribution in [1.29, 1.82) is 0 Å². The molecule has 0 spiro atoms. The first-order valence-electron chi connectivity index (χ1n) is 6.42. The molecule has 1 aliphatic rings. The lowest BCUT2D eigenvalue weighted by Crippen LogP contribution is -2.32. The van der Waals surface area contributed by atoms with Gasteiger partial charge >= 0.3 is 0 Å². The molecule has 1 aromatic carbocycles. The molecule has 1 aromatic rings. The summed E-state index contributed by atoms with van der Waals surface area (Å²) < 4.78 is 25.1. The predicted octanol–water partition coefficient (Wildman–Crippen LogP) is 1.93. The third kappa shape index (κ3) is 4.45. The zero-order chi connectivity index (χ0) is 13.9. The largest absolute Gasteiger partial charge is 0.309 e. The number of nitrogens with one attached hydrogen (secondary N) is 2. The molecule has 4 nitrogen and oxygen atoms in total. The van der Waals surface area contributed by atoms with Gasteiger partial charge in [0, 0.05) is 17.6 Å². The first kappa shape index (κ1) is 14.8. The molecule has 1 unspecified atom stereocenters. The lowest BCUT2D eigenvalue weighted by molar-refractivity contribution is 0.493. The highest BCUT2D eigenvalue weighted by atomic mass is 35.5. The maximum atomic E-state index is 11.4. The van der Waals surface area contributed by atoms with Crippen molar-refractivity contribution >= 4 is 21.6 Å². The predicted molar refractivity (Wildman–Crippen MR) is 77.8 cm³/mol. The number of rotatable bonds is 7. The van der Waals surface area contributed by atoms with Gasteiger partial charge in [-0.3, -0.25) is 0 Å². The molecular weight excluding hydrogens is 284 g/mol. The van der Waals surface area contributed by atoms with Gasteiger partial charge in [-0.25, -0.2) is 13.1 Å². The Bertz CT molecular complexity index is 512. The number of sulfonamides is 1. The summed E-state index contributed by atoms with van der Waals surface area (Å²) in [5.41, 5.74) is 1.17. The average molecular weight is 303 g/mol. The summed E-state index contributed by atoms with van der Waals surface area (Å²) in [7, 11) is -1.71. The Labute approximate surface area is 119 Å². The number of hydrogen-bond donors (Lipinski definition) is 2. The average Bonchev–Trinajstić information content (AvgIpc) is 3.20. The standard InChI is InChI=1S/C13H19ClN2O2S/c1-15-19(17,18)9-8-16-13(10-2-3-10)11-4-6-12(14)7-5-11/h4-7,10,13,15-16H,2-3,8-9H2,1H3. The third-order valence-corrected chi connectivity index (χ3v) is 4.98. The first-order valence-corrected chi connectivity index (χ1v) is 8.45. The van der Waals surface area contributed by atoms with Crippen LogP contribution in [0.4, 0.5) is 0 Å². The van der Waals surface area contributed by atoms with Crippen LogP contribution >= 0.6 is 11.6 Å². The van der Waals surface area contributed by atoms with Crippen LogP contribution in [0, 0.1) is 5.92 Å². The minimum atomic E-state index is -3.14. The third-order valence-electron chi connectivity index (χ3n) is 3.37. The van der Waals surface area contributed by atoms with E-state index in [1.54, 1.807) is 0 Å². The lowest BCUT2D eigenvalue weighted by Gasteiger charge is -2.19. The van der Waals surface area contributed by atoms with Gasteiger partial charge in [-0.1, -0.05) is 23.7 Å². The van der Waals surface area contributed by atoms with Crippen molar-refractivity contribution in [1.82, 2.24) is 10.0 Å². The molecule has 0 bridgehead atoms. The van der Waals surface area contributed by atoms with E-state index >= 15 is 0 Å². The van der Waals surface area contributed by atoms with Crippen LogP contribution in [0.25, 0.3) is 0 Å². The van der Waals surface area contributed by atoms with Crippen LogP contribution in [0.1, 0.15) is 24.4 Å². The SMILES string of the molecule is CNS(=O)(=O)CCNC(c1ccc(Cl)cc1)C1CC1. The molecule has 0 radical (unpaired) electrons. The maximum Gasteiger partial charge on any atom is 0.212 e. The van der Waals surface area contributed by atoms with Crippen LogP contribution < -0.4 is 10.0 Å². The Hall–Kier alpha value is -0.620. The number of benzene rings is 1. The van der Waals surface area contributed by atoms with Crippen molar-refractivity contribution in [3.63, 3.8) is 0 Å². The zero-order valence-electron chi connectivity index (χ0n) is 10.9. The molecule has 6 heteroatoms. The van der Waals surface area contributed by atoms with Gasteiger partial charge in [0.2, 0.25) is 10.0 Å². The Morgan fingerprint density at radius 3 is 2.47 bits per heavy atom. The fraction of sp³-hybridized carbons (Fsp3) is 0.538. The molecule has 0 aliphatic heterocycles. The fourth-order valence-electron chi connectivity index (χ4n) is 2.11. The zero-order valence-corrected chi connectivity index (χ0v) is 12.5. The summed E-state index contributed by atoms with van der Waals surface area (Å²) >= 11 is 5.89. The monoisotopic (exact) mass is 302 g/mol. The van der Waals surface area contributed by atoms with Crippen molar-refractivity contribution in [2.75, 3.05) is 19.3 Å². The van der Waals surface area contributed by atoms with Gasteiger partial charge in [0.25, 0.3) is 0 Å². The second kappa shape index (κ2) is 6.22. The summed E-state index contributed by atoms with van der Waals surface area (Å²) in [6, 6.07) is 7.98. The maximum absolute atomic E-state index is 11.4. The number of halogens is 1. The Kier molecular flexibility index (Phi) is 4.84. The molecule has 1 atom stereocenters. The van der Waals surface area contributed by atoms with E-state index in [2.05, 4.69) is 10.0 Å². The van der Waals surface area contributed by atoms with Gasteiger partial charge in [-0.15, -0.1) is 0 Å². The van der Waals surface area contributed by atoms with Gasteiger partial charge in [0.1, 0.15) is 0 Å². The Balaban J connectivity index is 1.96. The lowest BCUT2D eigenvalue weighted by atomic mass is 10.0. The molecule has 0 aromatic heterocycles. The van der Waals surface area contributed by atoms with E-state index in [-0.39, 0.29) is 11.8 Å². The highest BCUT2D eigenvalue weighted by molar-refractivity contribution is 7.89. The van der Waals surface area contributed by atoms with Gasteiger partial charge in [0.05, 0.1) is 5.75 Å². The molecule has 19 heavy (non-hydrogen) atoms. The molecule has 1 aliphatic carbocycles. The summed E-state index contributed by atoms with van der Waals surface area (Å²) in [4.78, 5) is 0. The molecule has 0 saturated heterocycles. The minimum absolute atomic E-state index is 0.0975. The number of hydrogen-bond acceptors (Lipinski definition) is 3. The van der Waals surface area contributed by atoms with E-state index in [1.807, 2.05) is 24.3 Å². The van der Waals surface area contributed by atoms with Gasteiger partial charge in [0.15, 0.2) is 0 Å². The topological polar surface area (TPSA) is 58.2 Å². The summed E-state index contributed by atoms with van der Waals surface area (Å²) in [5, 5.41) is 4.06. The van der Waals surface area contributed by atoms with Crippen molar-refractivity contribution in [3.05, 3.63) is 34.9 Å². The molecule has 2 rings (SSSR count). The second-order valence-electron chi connectivity index (χ2n) is 4.84. The van der Waals surface area contributed by atoms with Gasteiger partial charge in [-0.05, 0) is 43.5 Å². The quantitative estimate of drug-likeness (QED) is 0.809. The van der Waals surface area contributed by atoms with Crippen LogP contribution in [0.15, 0.2) is 24.3 Å². The van der Waals surface area contributed by atoms with E-state index in [4.69, 9.17) is 11.6 Å². The van der Waals surface area contributed by atoms with Crippen LogP contribution in [0.2, 0.25) is 5.02 Å². The van der Waals surface area contributed by atoms with E-state index in [1.165, 1.54) is 25.5 Å². The van der Waals surface area contributed by atoms with Gasteiger partial charge in [-0.2, -0.15) is 0 Å².